The maximum absolute atomic E-state index is 3.95. The molecule has 1 rings (SSSR count). The van der Waals surface area contributed by atoms with Gasteiger partial charge < -0.3 is 5.32 Å². The highest BCUT2D eigenvalue weighted by Gasteiger charge is 2.40. The van der Waals surface area contributed by atoms with Gasteiger partial charge in [0, 0.05) is 11.2 Å². The maximum Gasteiger partial charge on any atom is 0.0394 e. The normalized spacial score (nSPS) is 32.2. The van der Waals surface area contributed by atoms with E-state index in [0.29, 0.717) is 5.41 Å². The molecule has 1 N–H and O–H groups in total. The molecule has 1 aliphatic heterocycles. The third-order valence-electron chi connectivity index (χ3n) is 3.03. The van der Waals surface area contributed by atoms with Crippen LogP contribution in [0.15, 0.2) is 12.3 Å². The van der Waals surface area contributed by atoms with Gasteiger partial charge in [0.25, 0.3) is 0 Å². The second-order valence-corrected chi connectivity index (χ2v) is 4.81. The van der Waals surface area contributed by atoms with Crippen molar-refractivity contribution in [2.75, 3.05) is 0 Å². The Labute approximate surface area is 69.9 Å². The van der Waals surface area contributed by atoms with E-state index in [2.05, 4.69) is 39.6 Å². The average molecular weight is 153 g/mol. The van der Waals surface area contributed by atoms with Crippen molar-refractivity contribution in [3.05, 3.63) is 12.3 Å². The molecule has 0 aliphatic carbocycles. The lowest BCUT2D eigenvalue weighted by Crippen LogP contribution is -2.47. The van der Waals surface area contributed by atoms with Crippen LogP contribution >= 0.6 is 0 Å². The highest BCUT2D eigenvalue weighted by molar-refractivity contribution is 5.11. The van der Waals surface area contributed by atoms with E-state index in [1.54, 1.807) is 0 Å². The van der Waals surface area contributed by atoms with E-state index in [-0.39, 0.29) is 5.54 Å². The lowest BCUT2D eigenvalue weighted by molar-refractivity contribution is 0.186. The third kappa shape index (κ3) is 1.42. The van der Waals surface area contributed by atoms with Crippen LogP contribution < -0.4 is 5.32 Å². The molecule has 1 heterocycles. The van der Waals surface area contributed by atoms with Crippen LogP contribution in [-0.2, 0) is 0 Å². The Morgan fingerprint density at radius 2 is 2.00 bits per heavy atom. The zero-order chi connectivity index (χ0) is 8.70. The molecule has 0 radical (unpaired) electrons. The molecule has 0 aromatic carbocycles. The van der Waals surface area contributed by atoms with Gasteiger partial charge in [-0.25, -0.2) is 0 Å². The maximum atomic E-state index is 3.95. The molecule has 0 amide bonds. The van der Waals surface area contributed by atoms with Gasteiger partial charge in [0.1, 0.15) is 0 Å². The fourth-order valence-corrected chi connectivity index (χ4v) is 1.48. The van der Waals surface area contributed by atoms with Crippen LogP contribution in [0.3, 0.4) is 0 Å². The largest absolute Gasteiger partial charge is 0.383 e. The Morgan fingerprint density at radius 3 is 2.18 bits per heavy atom. The van der Waals surface area contributed by atoms with Crippen molar-refractivity contribution in [3.63, 3.8) is 0 Å². The number of hydrogen-bond acceptors (Lipinski definition) is 1. The Morgan fingerprint density at radius 1 is 1.45 bits per heavy atom. The van der Waals surface area contributed by atoms with Crippen LogP contribution in [0.25, 0.3) is 0 Å². The van der Waals surface area contributed by atoms with E-state index >= 15 is 0 Å². The van der Waals surface area contributed by atoms with Gasteiger partial charge in [-0.1, -0.05) is 27.4 Å². The predicted molar refractivity (Wildman–Crippen MR) is 49.4 cm³/mol. The van der Waals surface area contributed by atoms with Crippen molar-refractivity contribution < 1.29 is 0 Å². The molecular formula is C10H19N. The zero-order valence-corrected chi connectivity index (χ0v) is 8.12. The molecule has 1 unspecified atom stereocenters. The smallest absolute Gasteiger partial charge is 0.0394 e. The van der Waals surface area contributed by atoms with E-state index < -0.39 is 0 Å². The van der Waals surface area contributed by atoms with E-state index in [0.717, 1.165) is 6.42 Å². The van der Waals surface area contributed by atoms with Gasteiger partial charge in [-0.3, -0.25) is 0 Å². The highest BCUT2D eigenvalue weighted by Crippen LogP contribution is 2.39. The van der Waals surface area contributed by atoms with Crippen LogP contribution in [0.1, 0.15) is 40.5 Å². The Hall–Kier alpha value is -0.460. The van der Waals surface area contributed by atoms with Crippen LogP contribution in [-0.4, -0.2) is 5.54 Å². The van der Waals surface area contributed by atoms with Gasteiger partial charge >= 0.3 is 0 Å². The second-order valence-electron chi connectivity index (χ2n) is 4.81. The number of rotatable bonds is 0. The van der Waals surface area contributed by atoms with Crippen molar-refractivity contribution in [3.8, 4) is 0 Å². The third-order valence-corrected chi connectivity index (χ3v) is 3.03. The molecule has 1 heteroatoms. The quantitative estimate of drug-likeness (QED) is 0.564. The van der Waals surface area contributed by atoms with Gasteiger partial charge in [-0.2, -0.15) is 0 Å². The van der Waals surface area contributed by atoms with Gasteiger partial charge in [0.15, 0.2) is 0 Å². The minimum Gasteiger partial charge on any atom is -0.383 e. The lowest BCUT2D eigenvalue weighted by Gasteiger charge is -2.39. The molecule has 1 aliphatic rings. The summed E-state index contributed by atoms with van der Waals surface area (Å²) in [4.78, 5) is 0. The number of hydrogen-bond donors (Lipinski definition) is 1. The van der Waals surface area contributed by atoms with Crippen molar-refractivity contribution in [1.29, 1.82) is 0 Å². The second kappa shape index (κ2) is 2.26. The van der Waals surface area contributed by atoms with Crippen LogP contribution in [0.4, 0.5) is 0 Å². The Balaban J connectivity index is 2.77. The minimum absolute atomic E-state index is 0.254. The van der Waals surface area contributed by atoms with E-state index in [4.69, 9.17) is 0 Å². The summed E-state index contributed by atoms with van der Waals surface area (Å²) in [7, 11) is 0. The summed E-state index contributed by atoms with van der Waals surface area (Å²) in [5, 5.41) is 3.48. The number of nitrogens with one attached hydrogen (secondary N) is 1. The molecule has 11 heavy (non-hydrogen) atoms. The summed E-state index contributed by atoms with van der Waals surface area (Å²) in [6.07, 6.45) is 2.35. The Kier molecular flexibility index (Phi) is 1.78. The van der Waals surface area contributed by atoms with Crippen molar-refractivity contribution in [2.24, 2.45) is 5.41 Å². The van der Waals surface area contributed by atoms with Gasteiger partial charge in [0.2, 0.25) is 0 Å². The van der Waals surface area contributed by atoms with Crippen molar-refractivity contribution in [2.45, 2.75) is 46.1 Å². The molecule has 64 valence electrons. The number of allylic oxidation sites excluding steroid dienone is 1. The monoisotopic (exact) mass is 153 g/mol. The lowest BCUT2D eigenvalue weighted by atomic mass is 9.74. The molecule has 0 bridgehead atoms. The fourth-order valence-electron chi connectivity index (χ4n) is 1.48. The summed E-state index contributed by atoms with van der Waals surface area (Å²) in [6, 6.07) is 0. The molecule has 1 saturated heterocycles. The molecule has 0 aromatic heterocycles. The van der Waals surface area contributed by atoms with Gasteiger partial charge in [-0.15, -0.1) is 0 Å². The molecular weight excluding hydrogens is 134 g/mol. The molecule has 0 saturated carbocycles. The molecule has 0 aromatic rings. The first-order chi connectivity index (χ1) is 4.85. The van der Waals surface area contributed by atoms with E-state index in [9.17, 15) is 0 Å². The summed E-state index contributed by atoms with van der Waals surface area (Å²) in [5.41, 5.74) is 1.78. The molecule has 1 nitrogen and oxygen atoms in total. The Bertz CT molecular complexity index is 176. The highest BCUT2D eigenvalue weighted by atomic mass is 15.0. The summed E-state index contributed by atoms with van der Waals surface area (Å²) >= 11 is 0. The average Bonchev–Trinajstić information content (AvgIpc) is 2.10. The summed E-state index contributed by atoms with van der Waals surface area (Å²) in [6.45, 7) is 13.1. The zero-order valence-electron chi connectivity index (χ0n) is 8.12. The topological polar surface area (TPSA) is 12.0 Å². The van der Waals surface area contributed by atoms with Crippen molar-refractivity contribution in [1.82, 2.24) is 5.32 Å². The van der Waals surface area contributed by atoms with E-state index in [1.807, 2.05) is 0 Å². The summed E-state index contributed by atoms with van der Waals surface area (Å²) < 4.78 is 0. The molecule has 1 fully saturated rings. The van der Waals surface area contributed by atoms with E-state index in [1.165, 1.54) is 12.1 Å². The SMILES string of the molecule is C=C1CCC(C)(C(C)(C)C)N1. The first-order valence-electron chi connectivity index (χ1n) is 4.31. The van der Waals surface area contributed by atoms with Gasteiger partial charge in [-0.05, 0) is 25.2 Å². The van der Waals surface area contributed by atoms with Crippen LogP contribution in [0.2, 0.25) is 0 Å². The van der Waals surface area contributed by atoms with Crippen molar-refractivity contribution >= 4 is 0 Å². The molecule has 0 spiro atoms. The summed E-state index contributed by atoms with van der Waals surface area (Å²) in [5.74, 6) is 0. The fraction of sp³-hybridized carbons (Fsp3) is 0.800. The first kappa shape index (κ1) is 8.63. The van der Waals surface area contributed by atoms with Crippen LogP contribution in [0, 0.1) is 5.41 Å². The van der Waals surface area contributed by atoms with Gasteiger partial charge in [0.05, 0.1) is 0 Å². The minimum atomic E-state index is 0.254. The molecule has 1 atom stereocenters. The van der Waals surface area contributed by atoms with Crippen LogP contribution in [0.5, 0.6) is 0 Å². The first-order valence-corrected chi connectivity index (χ1v) is 4.31. The predicted octanol–water partition coefficient (Wildman–Crippen LogP) is 2.69. The standard InChI is InChI=1S/C10H19N/c1-8-6-7-10(5,11-8)9(2,3)4/h11H,1,6-7H2,2-5H3.